The van der Waals surface area contributed by atoms with Crippen LogP contribution in [0.4, 0.5) is 17.6 Å². The molecule has 0 amide bonds. The number of allylic oxidation sites excluding steroid dienone is 1. The lowest BCUT2D eigenvalue weighted by Crippen LogP contribution is -2.52. The van der Waals surface area contributed by atoms with Crippen molar-refractivity contribution in [3.8, 4) is 11.5 Å². The Kier molecular flexibility index (Phi) is 5.77. The average molecular weight is 386 g/mol. The molecule has 2 rings (SSSR count). The minimum atomic E-state index is -4.88. The highest BCUT2D eigenvalue weighted by Gasteiger charge is 2.65. The number of carbonyl (C=O) groups excluding carboxylic acids is 2. The summed E-state index contributed by atoms with van der Waals surface area (Å²) in [7, 11) is 1.49. The monoisotopic (exact) mass is 386 g/mol. The highest BCUT2D eigenvalue weighted by Crippen LogP contribution is 2.47. The van der Waals surface area contributed by atoms with Gasteiger partial charge in [-0.3, -0.25) is 14.6 Å². The van der Waals surface area contributed by atoms with Crippen molar-refractivity contribution in [3.63, 3.8) is 0 Å². The van der Waals surface area contributed by atoms with E-state index < -0.39 is 35.3 Å². The van der Waals surface area contributed by atoms with E-state index in [1.807, 2.05) is 0 Å². The third-order valence-electron chi connectivity index (χ3n) is 3.43. The Labute approximate surface area is 151 Å². The summed E-state index contributed by atoms with van der Waals surface area (Å²) in [5.41, 5.74) is -0.0321. The van der Waals surface area contributed by atoms with Crippen LogP contribution in [-0.2, 0) is 4.79 Å². The number of benzene rings is 1. The van der Waals surface area contributed by atoms with Gasteiger partial charge < -0.3 is 9.47 Å². The van der Waals surface area contributed by atoms with Gasteiger partial charge in [0.25, 0.3) is 0 Å². The highest BCUT2D eigenvalue weighted by atomic mass is 19.3. The molecule has 0 atom stereocenters. The van der Waals surface area contributed by atoms with Gasteiger partial charge in [0.15, 0.2) is 23.1 Å². The third-order valence-corrected chi connectivity index (χ3v) is 3.43. The van der Waals surface area contributed by atoms with Crippen LogP contribution in [0.2, 0.25) is 0 Å². The van der Waals surface area contributed by atoms with Gasteiger partial charge in [-0.2, -0.15) is 17.6 Å². The van der Waals surface area contributed by atoms with Crippen molar-refractivity contribution in [2.75, 3.05) is 7.05 Å². The summed E-state index contributed by atoms with van der Waals surface area (Å²) in [6, 6.07) is 2.89. The molecule has 0 N–H and O–H groups in total. The van der Waals surface area contributed by atoms with Gasteiger partial charge in [-0.25, -0.2) is 4.99 Å². The molecule has 0 saturated heterocycles. The number of aliphatic imine (C=N–C) groups is 2. The number of hydrogen-bond acceptors (Lipinski definition) is 5. The molecule has 1 heterocycles. The van der Waals surface area contributed by atoms with Crippen molar-refractivity contribution in [3.05, 3.63) is 35.9 Å². The van der Waals surface area contributed by atoms with Crippen molar-refractivity contribution < 1.29 is 36.6 Å². The maximum atomic E-state index is 13.2. The van der Waals surface area contributed by atoms with Crippen LogP contribution < -0.4 is 9.47 Å². The summed E-state index contributed by atoms with van der Waals surface area (Å²) in [5.74, 6) is -2.34. The molecule has 27 heavy (non-hydrogen) atoms. The lowest BCUT2D eigenvalue weighted by molar-refractivity contribution is -0.391. The zero-order valence-corrected chi connectivity index (χ0v) is 14.0. The summed E-state index contributed by atoms with van der Waals surface area (Å²) in [4.78, 5) is 31.3. The van der Waals surface area contributed by atoms with Crippen LogP contribution >= 0.6 is 0 Å². The Morgan fingerprint density at radius 3 is 2.37 bits per heavy atom. The molecule has 1 aromatic carbocycles. The topological polar surface area (TPSA) is 77.3 Å². The van der Waals surface area contributed by atoms with Gasteiger partial charge in [0.2, 0.25) is 0 Å². The first-order valence-corrected chi connectivity index (χ1v) is 7.54. The molecule has 0 radical (unpaired) electrons. The van der Waals surface area contributed by atoms with E-state index in [2.05, 4.69) is 26.0 Å². The number of fused-ring (bicyclic) bond motifs is 1. The molecular formula is C17H14F4N2O4. The minimum Gasteiger partial charge on any atom is -0.421 e. The van der Waals surface area contributed by atoms with Gasteiger partial charge in [-0.05, 0) is 18.2 Å². The predicted molar refractivity (Wildman–Crippen MR) is 88.2 cm³/mol. The molecule has 10 heteroatoms. The molecule has 144 valence electrons. The molecular weight excluding hydrogens is 372 g/mol. The molecule has 1 aliphatic heterocycles. The SMILES string of the molecule is C=C(/C=N\C=N/C)C(=O)CCC(=O)c1ccc2c(c1)OC(F)(F)C(F)(F)O2. The van der Waals surface area contributed by atoms with E-state index >= 15 is 0 Å². The van der Waals surface area contributed by atoms with Crippen molar-refractivity contribution in [1.82, 2.24) is 0 Å². The van der Waals surface area contributed by atoms with Crippen molar-refractivity contribution in [2.45, 2.75) is 25.1 Å². The fourth-order valence-electron chi connectivity index (χ4n) is 2.03. The molecule has 0 bridgehead atoms. The molecule has 1 aliphatic rings. The Balaban J connectivity index is 2.04. The summed E-state index contributed by atoms with van der Waals surface area (Å²) in [5, 5.41) is 0. The van der Waals surface area contributed by atoms with E-state index in [0.717, 1.165) is 18.2 Å². The second kappa shape index (κ2) is 7.68. The molecule has 0 aliphatic carbocycles. The van der Waals surface area contributed by atoms with E-state index in [0.29, 0.717) is 0 Å². The largest absolute Gasteiger partial charge is 0.507 e. The number of hydrogen-bond donors (Lipinski definition) is 0. The number of Topliss-reactive ketones (excluding diaryl/α,β-unsaturated/α-hetero) is 2. The van der Waals surface area contributed by atoms with E-state index in [1.165, 1.54) is 19.6 Å². The summed E-state index contributed by atoms with van der Waals surface area (Å²) < 4.78 is 60.5. The Hall–Kier alpha value is -3.04. The van der Waals surface area contributed by atoms with Crippen LogP contribution in [0, 0.1) is 0 Å². The van der Waals surface area contributed by atoms with Gasteiger partial charge in [-0.1, -0.05) is 6.58 Å². The Bertz CT molecular complexity index is 834. The number of ketones is 2. The number of halogens is 4. The summed E-state index contributed by atoms with van der Waals surface area (Å²) in [6.07, 6.45) is -7.77. The Morgan fingerprint density at radius 1 is 1.11 bits per heavy atom. The first-order valence-electron chi connectivity index (χ1n) is 7.54. The van der Waals surface area contributed by atoms with Crippen LogP contribution in [0.1, 0.15) is 23.2 Å². The number of ether oxygens (including phenoxy) is 2. The van der Waals surface area contributed by atoms with E-state index in [9.17, 15) is 27.2 Å². The predicted octanol–water partition coefficient (Wildman–Crippen LogP) is 3.46. The lowest BCUT2D eigenvalue weighted by atomic mass is 10.0. The third kappa shape index (κ3) is 4.57. The zero-order chi connectivity index (χ0) is 20.2. The van der Waals surface area contributed by atoms with Crippen molar-refractivity contribution >= 4 is 24.1 Å². The molecule has 6 nitrogen and oxygen atoms in total. The number of alkyl halides is 4. The maximum absolute atomic E-state index is 13.2. The zero-order valence-electron chi connectivity index (χ0n) is 14.0. The first-order chi connectivity index (χ1) is 12.6. The average Bonchev–Trinajstić information content (AvgIpc) is 2.59. The van der Waals surface area contributed by atoms with Crippen molar-refractivity contribution in [1.29, 1.82) is 0 Å². The first kappa shape index (κ1) is 20.3. The quantitative estimate of drug-likeness (QED) is 0.236. The fourth-order valence-corrected chi connectivity index (χ4v) is 2.03. The van der Waals surface area contributed by atoms with Gasteiger partial charge >= 0.3 is 12.2 Å². The molecule has 0 aromatic heterocycles. The van der Waals surface area contributed by atoms with E-state index in [-0.39, 0.29) is 24.0 Å². The van der Waals surface area contributed by atoms with Crippen LogP contribution in [0.5, 0.6) is 11.5 Å². The maximum Gasteiger partial charge on any atom is 0.507 e. The molecule has 0 spiro atoms. The smallest absolute Gasteiger partial charge is 0.421 e. The second-order valence-electron chi connectivity index (χ2n) is 5.42. The van der Waals surface area contributed by atoms with Gasteiger partial charge in [0.05, 0.1) is 0 Å². The van der Waals surface area contributed by atoms with Crippen LogP contribution in [0.25, 0.3) is 0 Å². The lowest BCUT2D eigenvalue weighted by Gasteiger charge is -2.31. The second-order valence-corrected chi connectivity index (χ2v) is 5.42. The fraction of sp³-hybridized carbons (Fsp3) is 0.294. The van der Waals surface area contributed by atoms with Crippen LogP contribution in [0.3, 0.4) is 0 Å². The summed E-state index contributed by atoms with van der Waals surface area (Å²) >= 11 is 0. The number of nitrogens with zero attached hydrogens (tertiary/aromatic N) is 2. The van der Waals surface area contributed by atoms with Gasteiger partial charge in [-0.15, -0.1) is 0 Å². The summed E-state index contributed by atoms with van der Waals surface area (Å²) in [6.45, 7) is 3.50. The van der Waals surface area contributed by atoms with Crippen LogP contribution in [-0.4, -0.2) is 43.4 Å². The van der Waals surface area contributed by atoms with Gasteiger partial charge in [0.1, 0.15) is 6.34 Å². The highest BCUT2D eigenvalue weighted by molar-refractivity contribution is 6.14. The molecule has 0 fully saturated rings. The molecule has 0 saturated carbocycles. The molecule has 1 aromatic rings. The number of rotatable bonds is 7. The minimum absolute atomic E-state index is 0.0618. The van der Waals surface area contributed by atoms with E-state index in [4.69, 9.17) is 0 Å². The van der Waals surface area contributed by atoms with Gasteiger partial charge in [0, 0.05) is 37.2 Å². The van der Waals surface area contributed by atoms with E-state index in [1.54, 1.807) is 0 Å². The molecule has 0 unspecified atom stereocenters. The van der Waals surface area contributed by atoms with Crippen molar-refractivity contribution in [2.24, 2.45) is 9.98 Å². The Morgan fingerprint density at radius 2 is 1.74 bits per heavy atom. The number of carbonyl (C=O) groups is 2. The van der Waals surface area contributed by atoms with Crippen LogP contribution in [0.15, 0.2) is 40.3 Å². The normalized spacial score (nSPS) is 17.2. The standard InChI is InChI=1S/C17H14F4N2O4/c1-10(8-23-9-22-2)12(24)4-5-13(25)11-3-6-14-15(7-11)27-17(20,21)16(18,19)26-14/h3,6-9H,1,4-5H2,2H3/b22-9-,23-8-.